The van der Waals surface area contributed by atoms with E-state index in [1.165, 1.54) is 0 Å². The highest BCUT2D eigenvalue weighted by Gasteiger charge is 2.24. The molecule has 92 valence electrons. The van der Waals surface area contributed by atoms with Gasteiger partial charge < -0.3 is 15.5 Å². The van der Waals surface area contributed by atoms with Gasteiger partial charge in [0.1, 0.15) is 0 Å². The number of rotatable bonds is 9. The van der Waals surface area contributed by atoms with Crippen LogP contribution in [0.2, 0.25) is 0 Å². The Bertz CT molecular complexity index is 138. The van der Waals surface area contributed by atoms with E-state index < -0.39 is 0 Å². The lowest BCUT2D eigenvalue weighted by Crippen LogP contribution is -2.39. The first-order valence-electron chi connectivity index (χ1n) is 6.13. The second kappa shape index (κ2) is 8.08. The summed E-state index contributed by atoms with van der Waals surface area (Å²) < 4.78 is 0. The molecule has 0 aromatic rings. The minimum absolute atomic E-state index is 0.00800. The maximum atomic E-state index is 9.54. The van der Waals surface area contributed by atoms with Crippen molar-refractivity contribution in [2.24, 2.45) is 5.41 Å². The molecule has 3 N–H and O–H groups in total. The van der Waals surface area contributed by atoms with E-state index in [4.69, 9.17) is 0 Å². The lowest BCUT2D eigenvalue weighted by Gasteiger charge is -2.30. The zero-order valence-corrected chi connectivity index (χ0v) is 10.4. The first-order chi connectivity index (χ1) is 7.14. The summed E-state index contributed by atoms with van der Waals surface area (Å²) in [5, 5.41) is 22.1. The largest absolute Gasteiger partial charge is 0.396 e. The lowest BCUT2D eigenvalue weighted by atomic mass is 9.83. The maximum Gasteiger partial charge on any atom is 0.0664 e. The van der Waals surface area contributed by atoms with Crippen molar-refractivity contribution in [2.75, 3.05) is 19.7 Å². The molecular weight excluding hydrogens is 190 g/mol. The van der Waals surface area contributed by atoms with E-state index >= 15 is 0 Å². The predicted octanol–water partition coefficient (Wildman–Crippen LogP) is 1.54. The van der Waals surface area contributed by atoms with Crippen molar-refractivity contribution in [3.8, 4) is 0 Å². The van der Waals surface area contributed by atoms with Crippen LogP contribution in [-0.2, 0) is 0 Å². The van der Waals surface area contributed by atoms with Gasteiger partial charge in [-0.05, 0) is 19.3 Å². The summed E-state index contributed by atoms with van der Waals surface area (Å²) in [4.78, 5) is 0. The van der Waals surface area contributed by atoms with Crippen LogP contribution >= 0.6 is 0 Å². The molecule has 0 heterocycles. The van der Waals surface area contributed by atoms with Gasteiger partial charge in [-0.2, -0.15) is 0 Å². The van der Waals surface area contributed by atoms with Crippen LogP contribution in [-0.4, -0.2) is 36.0 Å². The molecule has 0 amide bonds. The molecule has 0 aromatic heterocycles. The van der Waals surface area contributed by atoms with Gasteiger partial charge in [-0.25, -0.2) is 0 Å². The van der Waals surface area contributed by atoms with Gasteiger partial charge >= 0.3 is 0 Å². The second-order valence-corrected chi connectivity index (χ2v) is 4.44. The number of hydrogen-bond donors (Lipinski definition) is 3. The lowest BCUT2D eigenvalue weighted by molar-refractivity contribution is 0.102. The summed E-state index contributed by atoms with van der Waals surface area (Å²) in [5.74, 6) is 0. The summed E-state index contributed by atoms with van der Waals surface area (Å²) in [5.41, 5.74) is -0.00800. The van der Waals surface area contributed by atoms with Crippen LogP contribution in [0.15, 0.2) is 0 Å². The molecule has 0 bridgehead atoms. The summed E-state index contributed by atoms with van der Waals surface area (Å²) in [7, 11) is 0. The van der Waals surface area contributed by atoms with Gasteiger partial charge in [-0.1, -0.05) is 27.2 Å². The zero-order valence-electron chi connectivity index (χ0n) is 10.4. The molecule has 0 aliphatic rings. The minimum atomic E-state index is -0.250. The second-order valence-electron chi connectivity index (χ2n) is 4.44. The number of nitrogens with one attached hydrogen (secondary N) is 1. The van der Waals surface area contributed by atoms with E-state index in [0.29, 0.717) is 6.54 Å². The zero-order chi connectivity index (χ0) is 11.7. The number of aliphatic hydroxyl groups excluding tert-OH is 2. The van der Waals surface area contributed by atoms with Crippen LogP contribution < -0.4 is 5.32 Å². The van der Waals surface area contributed by atoms with E-state index in [1.54, 1.807) is 0 Å². The topological polar surface area (TPSA) is 52.5 Å². The molecular formula is C12H27NO2. The first kappa shape index (κ1) is 14.9. The Hall–Kier alpha value is -0.120. The summed E-state index contributed by atoms with van der Waals surface area (Å²) in [6, 6.07) is 0. The van der Waals surface area contributed by atoms with Crippen LogP contribution in [0.4, 0.5) is 0 Å². The van der Waals surface area contributed by atoms with Crippen molar-refractivity contribution in [3.05, 3.63) is 0 Å². The molecule has 3 heteroatoms. The van der Waals surface area contributed by atoms with Crippen molar-refractivity contribution in [1.82, 2.24) is 5.32 Å². The highest BCUT2D eigenvalue weighted by molar-refractivity contribution is 4.78. The third-order valence-corrected chi connectivity index (χ3v) is 3.34. The van der Waals surface area contributed by atoms with Crippen LogP contribution in [0.1, 0.15) is 46.5 Å². The molecule has 15 heavy (non-hydrogen) atoms. The molecule has 3 nitrogen and oxygen atoms in total. The van der Waals surface area contributed by atoms with Crippen molar-refractivity contribution in [1.29, 1.82) is 0 Å². The normalized spacial score (nSPS) is 14.2. The Morgan fingerprint density at radius 2 is 1.80 bits per heavy atom. The van der Waals surface area contributed by atoms with Gasteiger partial charge in [0.05, 0.1) is 6.10 Å². The quantitative estimate of drug-likeness (QED) is 0.549. The van der Waals surface area contributed by atoms with Gasteiger partial charge in [0.2, 0.25) is 0 Å². The monoisotopic (exact) mass is 217 g/mol. The molecule has 0 aliphatic carbocycles. The van der Waals surface area contributed by atoms with Gasteiger partial charge in [-0.15, -0.1) is 0 Å². The average Bonchev–Trinajstić information content (AvgIpc) is 2.25. The van der Waals surface area contributed by atoms with E-state index in [0.717, 1.165) is 32.2 Å². The van der Waals surface area contributed by atoms with Crippen LogP contribution in [0.5, 0.6) is 0 Å². The molecule has 0 saturated carbocycles. The number of aliphatic hydroxyl groups is 2. The van der Waals surface area contributed by atoms with Crippen molar-refractivity contribution < 1.29 is 10.2 Å². The Balaban J connectivity index is 3.80. The molecule has 0 saturated heterocycles. The molecule has 0 radical (unpaired) electrons. The van der Waals surface area contributed by atoms with Crippen molar-refractivity contribution in [3.63, 3.8) is 0 Å². The molecule has 1 atom stereocenters. The highest BCUT2D eigenvalue weighted by atomic mass is 16.3. The van der Waals surface area contributed by atoms with E-state index in [9.17, 15) is 10.2 Å². The predicted molar refractivity (Wildman–Crippen MR) is 63.9 cm³/mol. The maximum absolute atomic E-state index is 9.54. The summed E-state index contributed by atoms with van der Waals surface area (Å²) in [6.07, 6.45) is 3.54. The Morgan fingerprint density at radius 1 is 1.20 bits per heavy atom. The van der Waals surface area contributed by atoms with Gasteiger partial charge in [0.15, 0.2) is 0 Å². The van der Waals surface area contributed by atoms with Crippen LogP contribution in [0.25, 0.3) is 0 Å². The smallest absolute Gasteiger partial charge is 0.0664 e. The summed E-state index contributed by atoms with van der Waals surface area (Å²) >= 11 is 0. The van der Waals surface area contributed by atoms with Crippen LogP contribution in [0.3, 0.4) is 0 Å². The third kappa shape index (κ3) is 5.50. The first-order valence-corrected chi connectivity index (χ1v) is 6.13. The SMILES string of the molecule is CCCC(O)CNCC(CC)(CC)CO. The van der Waals surface area contributed by atoms with Gasteiger partial charge in [0.25, 0.3) is 0 Å². The van der Waals surface area contributed by atoms with E-state index in [-0.39, 0.29) is 18.1 Å². The fourth-order valence-electron chi connectivity index (χ4n) is 1.72. The van der Waals surface area contributed by atoms with Gasteiger partial charge in [0, 0.05) is 25.1 Å². The summed E-state index contributed by atoms with van der Waals surface area (Å²) in [6.45, 7) is 7.91. The van der Waals surface area contributed by atoms with E-state index in [1.807, 2.05) is 0 Å². The standard InChI is InChI=1S/C12H27NO2/c1-4-7-11(15)8-13-9-12(5-2,6-3)10-14/h11,13-15H,4-10H2,1-3H3. The number of hydrogen-bond acceptors (Lipinski definition) is 3. The van der Waals surface area contributed by atoms with E-state index in [2.05, 4.69) is 26.1 Å². The molecule has 0 fully saturated rings. The Kier molecular flexibility index (Phi) is 8.02. The molecule has 0 aliphatic heterocycles. The highest BCUT2D eigenvalue weighted by Crippen LogP contribution is 2.24. The Morgan fingerprint density at radius 3 is 2.20 bits per heavy atom. The molecule has 0 aromatic carbocycles. The fourth-order valence-corrected chi connectivity index (χ4v) is 1.72. The van der Waals surface area contributed by atoms with Crippen LogP contribution in [0, 0.1) is 5.41 Å². The van der Waals surface area contributed by atoms with Crippen molar-refractivity contribution in [2.45, 2.75) is 52.6 Å². The molecule has 0 rings (SSSR count). The Labute approximate surface area is 93.9 Å². The average molecular weight is 217 g/mol. The van der Waals surface area contributed by atoms with Crippen molar-refractivity contribution >= 4 is 0 Å². The molecule has 0 spiro atoms. The minimum Gasteiger partial charge on any atom is -0.396 e. The molecule has 1 unspecified atom stereocenters. The fraction of sp³-hybridized carbons (Fsp3) is 1.00. The van der Waals surface area contributed by atoms with Gasteiger partial charge in [-0.3, -0.25) is 0 Å². The third-order valence-electron chi connectivity index (χ3n) is 3.34.